The van der Waals surface area contributed by atoms with Crippen LogP contribution in [0.3, 0.4) is 0 Å². The normalized spacial score (nSPS) is 15.2. The zero-order valence-corrected chi connectivity index (χ0v) is 17.1. The van der Waals surface area contributed by atoms with Crippen molar-refractivity contribution in [2.75, 3.05) is 33.4 Å². The van der Waals surface area contributed by atoms with Crippen molar-refractivity contribution >= 4 is 23.3 Å². The van der Waals surface area contributed by atoms with Gasteiger partial charge in [0.2, 0.25) is 5.91 Å². The van der Waals surface area contributed by atoms with E-state index >= 15 is 0 Å². The molecule has 0 spiro atoms. The molecule has 6 heteroatoms. The van der Waals surface area contributed by atoms with Gasteiger partial charge in [0.25, 0.3) is 0 Å². The van der Waals surface area contributed by atoms with Crippen LogP contribution in [0.25, 0.3) is 6.08 Å². The molecule has 1 aliphatic heterocycles. The number of carbonyl (C=O) groups is 1. The number of rotatable bonds is 9. The fraction of sp³-hybridized carbons (Fsp3) is 0.409. The Hall–Kier alpha value is -2.15. The van der Waals surface area contributed by atoms with Crippen molar-refractivity contribution in [2.24, 2.45) is 0 Å². The van der Waals surface area contributed by atoms with Gasteiger partial charge in [-0.25, -0.2) is 0 Å². The van der Waals surface area contributed by atoms with Gasteiger partial charge in [-0.2, -0.15) is 0 Å². The minimum absolute atomic E-state index is 0.0993. The summed E-state index contributed by atoms with van der Waals surface area (Å²) in [6.45, 7) is 3.72. The predicted octanol–water partition coefficient (Wildman–Crippen LogP) is 3.57. The van der Waals surface area contributed by atoms with E-state index in [0.717, 1.165) is 48.8 Å². The van der Waals surface area contributed by atoms with Crippen LogP contribution in [0.2, 0.25) is 0 Å². The molecule has 0 radical (unpaired) electrons. The maximum atomic E-state index is 12.0. The van der Waals surface area contributed by atoms with Gasteiger partial charge < -0.3 is 14.8 Å². The van der Waals surface area contributed by atoms with E-state index in [9.17, 15) is 4.79 Å². The molecule has 1 aliphatic rings. The number of amides is 1. The summed E-state index contributed by atoms with van der Waals surface area (Å²) in [5, 5.41) is 4.90. The van der Waals surface area contributed by atoms with Crippen molar-refractivity contribution in [1.82, 2.24) is 10.2 Å². The van der Waals surface area contributed by atoms with Crippen LogP contribution in [0.5, 0.6) is 5.75 Å². The third-order valence-electron chi connectivity index (χ3n) is 4.83. The average Bonchev–Trinajstić information content (AvgIpc) is 3.25. The first-order valence-corrected chi connectivity index (χ1v) is 10.6. The molecule has 1 saturated heterocycles. The largest absolute Gasteiger partial charge is 0.492 e. The molecule has 2 aromatic rings. The standard InChI is InChI=1S/C22H28N2O3S/c1-24(19-9-12-26-13-10-19)11-14-27-20-5-2-4-18(16-20)17-23-22(25)8-7-21-6-3-15-28-21/h2-8,15-16,19H,9-14,17H2,1H3,(H,23,25)/b8-7+. The number of nitrogens with zero attached hydrogens (tertiary/aromatic N) is 1. The summed E-state index contributed by atoms with van der Waals surface area (Å²) in [5.74, 6) is 0.735. The van der Waals surface area contributed by atoms with Crippen molar-refractivity contribution in [1.29, 1.82) is 0 Å². The van der Waals surface area contributed by atoms with Crippen molar-refractivity contribution < 1.29 is 14.3 Å². The highest BCUT2D eigenvalue weighted by Crippen LogP contribution is 2.15. The zero-order valence-electron chi connectivity index (χ0n) is 16.3. The molecule has 3 rings (SSSR count). The molecule has 1 aromatic heterocycles. The molecule has 2 heterocycles. The molecular weight excluding hydrogens is 372 g/mol. The van der Waals surface area contributed by atoms with E-state index in [2.05, 4.69) is 17.3 Å². The van der Waals surface area contributed by atoms with E-state index in [1.165, 1.54) is 0 Å². The minimum atomic E-state index is -0.0993. The lowest BCUT2D eigenvalue weighted by Crippen LogP contribution is -2.38. The van der Waals surface area contributed by atoms with E-state index < -0.39 is 0 Å². The number of carbonyl (C=O) groups excluding carboxylic acids is 1. The molecule has 28 heavy (non-hydrogen) atoms. The van der Waals surface area contributed by atoms with Crippen molar-refractivity contribution in [3.05, 3.63) is 58.3 Å². The first-order valence-electron chi connectivity index (χ1n) is 9.70. The van der Waals surface area contributed by atoms with Gasteiger partial charge in [-0.05, 0) is 55.1 Å². The molecule has 150 valence electrons. The first-order chi connectivity index (χ1) is 13.7. The van der Waals surface area contributed by atoms with Crippen LogP contribution in [0.1, 0.15) is 23.3 Å². The summed E-state index contributed by atoms with van der Waals surface area (Å²) in [4.78, 5) is 15.4. The van der Waals surface area contributed by atoms with Gasteiger partial charge in [-0.15, -0.1) is 11.3 Å². The van der Waals surface area contributed by atoms with E-state index in [1.807, 2.05) is 47.9 Å². The number of ether oxygens (including phenoxy) is 2. The summed E-state index contributed by atoms with van der Waals surface area (Å²) in [7, 11) is 2.15. The molecule has 0 saturated carbocycles. The molecule has 0 atom stereocenters. The maximum absolute atomic E-state index is 12.0. The minimum Gasteiger partial charge on any atom is -0.492 e. The van der Waals surface area contributed by atoms with Crippen LogP contribution >= 0.6 is 11.3 Å². The van der Waals surface area contributed by atoms with Gasteiger partial charge in [-0.1, -0.05) is 18.2 Å². The average molecular weight is 401 g/mol. The third-order valence-corrected chi connectivity index (χ3v) is 5.67. The van der Waals surface area contributed by atoms with E-state index in [0.29, 0.717) is 19.2 Å². The molecule has 0 unspecified atom stereocenters. The third kappa shape index (κ3) is 6.78. The van der Waals surface area contributed by atoms with Crippen LogP contribution in [-0.2, 0) is 16.1 Å². The lowest BCUT2D eigenvalue weighted by Gasteiger charge is -2.31. The number of nitrogens with one attached hydrogen (secondary N) is 1. The van der Waals surface area contributed by atoms with Crippen molar-refractivity contribution in [2.45, 2.75) is 25.4 Å². The summed E-state index contributed by atoms with van der Waals surface area (Å²) < 4.78 is 11.3. The summed E-state index contributed by atoms with van der Waals surface area (Å²) in [6.07, 6.45) is 5.58. The van der Waals surface area contributed by atoms with Crippen molar-refractivity contribution in [3.8, 4) is 5.75 Å². The Labute approximate surface area is 171 Å². The maximum Gasteiger partial charge on any atom is 0.244 e. The Morgan fingerprint density at radius 1 is 1.32 bits per heavy atom. The summed E-state index contributed by atoms with van der Waals surface area (Å²) in [5.41, 5.74) is 1.02. The Kier molecular flexibility index (Phi) is 8.08. The number of hydrogen-bond acceptors (Lipinski definition) is 5. The molecule has 1 amide bonds. The van der Waals surface area contributed by atoms with E-state index in [4.69, 9.17) is 9.47 Å². The summed E-state index contributed by atoms with van der Waals surface area (Å²) in [6, 6.07) is 12.4. The Morgan fingerprint density at radius 3 is 2.96 bits per heavy atom. The predicted molar refractivity (Wildman–Crippen MR) is 114 cm³/mol. The molecule has 1 aromatic carbocycles. The second kappa shape index (κ2) is 11.0. The highest BCUT2D eigenvalue weighted by atomic mass is 32.1. The Balaban J connectivity index is 1.40. The first kappa shape index (κ1) is 20.6. The molecular formula is C22H28N2O3S. The lowest BCUT2D eigenvalue weighted by atomic mass is 10.1. The highest BCUT2D eigenvalue weighted by Gasteiger charge is 2.17. The molecule has 0 aliphatic carbocycles. The number of likely N-dealkylation sites (N-methyl/N-ethyl adjacent to an activating group) is 1. The second-order valence-corrected chi connectivity index (χ2v) is 7.87. The Bertz CT molecular complexity index is 755. The number of hydrogen-bond donors (Lipinski definition) is 1. The van der Waals surface area contributed by atoms with Crippen molar-refractivity contribution in [3.63, 3.8) is 0 Å². The second-order valence-electron chi connectivity index (χ2n) is 6.89. The van der Waals surface area contributed by atoms with Gasteiger partial charge >= 0.3 is 0 Å². The summed E-state index contributed by atoms with van der Waals surface area (Å²) >= 11 is 1.61. The molecule has 1 N–H and O–H groups in total. The van der Waals surface area contributed by atoms with Gasteiger partial charge in [0.15, 0.2) is 0 Å². The van der Waals surface area contributed by atoms with Crippen LogP contribution < -0.4 is 10.1 Å². The van der Waals surface area contributed by atoms with Crippen LogP contribution in [-0.4, -0.2) is 50.3 Å². The quantitative estimate of drug-likeness (QED) is 0.654. The van der Waals surface area contributed by atoms with Gasteiger partial charge in [0.1, 0.15) is 12.4 Å². The van der Waals surface area contributed by atoms with Gasteiger partial charge in [0.05, 0.1) is 0 Å². The van der Waals surface area contributed by atoms with Gasteiger partial charge in [-0.3, -0.25) is 9.69 Å². The lowest BCUT2D eigenvalue weighted by molar-refractivity contribution is -0.116. The van der Waals surface area contributed by atoms with Crippen LogP contribution in [0, 0.1) is 0 Å². The topological polar surface area (TPSA) is 50.8 Å². The molecule has 5 nitrogen and oxygen atoms in total. The van der Waals surface area contributed by atoms with Crippen LogP contribution in [0.4, 0.5) is 0 Å². The van der Waals surface area contributed by atoms with Crippen LogP contribution in [0.15, 0.2) is 47.9 Å². The molecule has 0 bridgehead atoms. The smallest absolute Gasteiger partial charge is 0.244 e. The SMILES string of the molecule is CN(CCOc1cccc(CNC(=O)/C=C/c2cccs2)c1)C1CCOCC1. The molecule has 1 fully saturated rings. The van der Waals surface area contributed by atoms with Gasteiger partial charge in [0, 0.05) is 43.3 Å². The zero-order chi connectivity index (χ0) is 19.6. The monoisotopic (exact) mass is 400 g/mol. The number of benzene rings is 1. The fourth-order valence-electron chi connectivity index (χ4n) is 3.15. The Morgan fingerprint density at radius 2 is 2.18 bits per heavy atom. The fourth-order valence-corrected chi connectivity index (χ4v) is 3.77. The highest BCUT2D eigenvalue weighted by molar-refractivity contribution is 7.10. The van der Waals surface area contributed by atoms with E-state index in [-0.39, 0.29) is 5.91 Å². The van der Waals surface area contributed by atoms with E-state index in [1.54, 1.807) is 17.4 Å². The number of thiophene rings is 1.